The van der Waals surface area contributed by atoms with E-state index in [0.717, 1.165) is 22.6 Å². The maximum Gasteiger partial charge on any atom is 0.231 e. The van der Waals surface area contributed by atoms with E-state index in [-0.39, 0.29) is 42.0 Å². The van der Waals surface area contributed by atoms with Crippen molar-refractivity contribution in [2.45, 2.75) is 25.8 Å². The SMILES string of the molecule is CN=C(NCc1ccc2c(c1)OCO2)NCC(C)(C)c1ccc(F)cc1.I. The van der Waals surface area contributed by atoms with Crippen LogP contribution in [0.2, 0.25) is 0 Å². The molecule has 2 N–H and O–H groups in total. The number of hydrogen-bond acceptors (Lipinski definition) is 3. The smallest absolute Gasteiger partial charge is 0.231 e. The highest BCUT2D eigenvalue weighted by Gasteiger charge is 2.21. The zero-order chi connectivity index (χ0) is 18.6. The van der Waals surface area contributed by atoms with Gasteiger partial charge in [0.15, 0.2) is 17.5 Å². The number of guanidine groups is 1. The van der Waals surface area contributed by atoms with Crippen molar-refractivity contribution >= 4 is 29.9 Å². The third kappa shape index (κ3) is 5.47. The zero-order valence-electron chi connectivity index (χ0n) is 15.7. The first-order chi connectivity index (χ1) is 12.5. The number of nitrogens with zero attached hydrogens (tertiary/aromatic N) is 1. The molecule has 3 rings (SSSR count). The van der Waals surface area contributed by atoms with Crippen molar-refractivity contribution in [3.63, 3.8) is 0 Å². The Morgan fingerprint density at radius 2 is 1.78 bits per heavy atom. The monoisotopic (exact) mass is 485 g/mol. The highest BCUT2D eigenvalue weighted by Crippen LogP contribution is 2.32. The van der Waals surface area contributed by atoms with Crippen LogP contribution in [0, 0.1) is 5.82 Å². The minimum Gasteiger partial charge on any atom is -0.454 e. The lowest BCUT2D eigenvalue weighted by Crippen LogP contribution is -2.43. The fourth-order valence-corrected chi connectivity index (χ4v) is 2.77. The van der Waals surface area contributed by atoms with Crippen molar-refractivity contribution in [1.82, 2.24) is 10.6 Å². The normalized spacial score (nSPS) is 13.1. The summed E-state index contributed by atoms with van der Waals surface area (Å²) < 4.78 is 23.8. The van der Waals surface area contributed by atoms with Crippen LogP contribution in [0.25, 0.3) is 0 Å². The first-order valence-corrected chi connectivity index (χ1v) is 8.57. The Bertz CT molecular complexity index is 794. The molecule has 0 saturated carbocycles. The third-order valence-electron chi connectivity index (χ3n) is 4.44. The Morgan fingerprint density at radius 1 is 1.07 bits per heavy atom. The molecule has 0 atom stereocenters. The number of nitrogens with one attached hydrogen (secondary N) is 2. The van der Waals surface area contributed by atoms with Gasteiger partial charge in [-0.05, 0) is 35.4 Å². The van der Waals surface area contributed by atoms with Crippen molar-refractivity contribution in [1.29, 1.82) is 0 Å². The minimum atomic E-state index is -0.223. The van der Waals surface area contributed by atoms with Gasteiger partial charge in [0, 0.05) is 25.6 Å². The van der Waals surface area contributed by atoms with Gasteiger partial charge >= 0.3 is 0 Å². The van der Waals surface area contributed by atoms with E-state index in [2.05, 4.69) is 29.5 Å². The summed E-state index contributed by atoms with van der Waals surface area (Å²) in [6.07, 6.45) is 0. The van der Waals surface area contributed by atoms with Gasteiger partial charge in [-0.1, -0.05) is 32.0 Å². The molecule has 0 fully saturated rings. The van der Waals surface area contributed by atoms with Gasteiger partial charge in [-0.15, -0.1) is 24.0 Å². The van der Waals surface area contributed by atoms with Crippen LogP contribution in [-0.4, -0.2) is 26.3 Å². The molecule has 0 amide bonds. The third-order valence-corrected chi connectivity index (χ3v) is 4.44. The van der Waals surface area contributed by atoms with Crippen LogP contribution in [-0.2, 0) is 12.0 Å². The molecule has 1 aliphatic heterocycles. The highest BCUT2D eigenvalue weighted by atomic mass is 127. The van der Waals surface area contributed by atoms with E-state index < -0.39 is 0 Å². The van der Waals surface area contributed by atoms with E-state index in [1.54, 1.807) is 7.05 Å². The molecule has 0 bridgehead atoms. The number of hydrogen-bond donors (Lipinski definition) is 2. The Hall–Kier alpha value is -2.03. The van der Waals surface area contributed by atoms with Crippen molar-refractivity contribution < 1.29 is 13.9 Å². The first kappa shape index (κ1) is 21.3. The second-order valence-corrected chi connectivity index (χ2v) is 6.86. The van der Waals surface area contributed by atoms with Crippen molar-refractivity contribution in [2.24, 2.45) is 4.99 Å². The average Bonchev–Trinajstić information content (AvgIpc) is 3.10. The Morgan fingerprint density at radius 3 is 2.48 bits per heavy atom. The summed E-state index contributed by atoms with van der Waals surface area (Å²) >= 11 is 0. The zero-order valence-corrected chi connectivity index (χ0v) is 18.0. The molecule has 5 nitrogen and oxygen atoms in total. The standard InChI is InChI=1S/C20H24FN3O2.HI/c1-20(2,15-5-7-16(21)8-6-15)12-24-19(22-3)23-11-14-4-9-17-18(10-14)26-13-25-17;/h4-10H,11-13H2,1-3H3,(H2,22,23,24);1H. The molecule has 1 heterocycles. The van der Waals surface area contributed by atoms with Crippen molar-refractivity contribution in [3.8, 4) is 11.5 Å². The molecular weight excluding hydrogens is 460 g/mol. The predicted molar refractivity (Wildman–Crippen MR) is 116 cm³/mol. The van der Waals surface area contributed by atoms with Crippen LogP contribution in [0.15, 0.2) is 47.5 Å². The van der Waals surface area contributed by atoms with E-state index in [1.165, 1.54) is 12.1 Å². The molecule has 0 aromatic heterocycles. The average molecular weight is 485 g/mol. The van der Waals surface area contributed by atoms with Gasteiger partial charge in [-0.3, -0.25) is 4.99 Å². The molecule has 0 unspecified atom stereocenters. The van der Waals surface area contributed by atoms with Crippen LogP contribution in [0.1, 0.15) is 25.0 Å². The van der Waals surface area contributed by atoms with Crippen LogP contribution < -0.4 is 20.1 Å². The molecule has 27 heavy (non-hydrogen) atoms. The summed E-state index contributed by atoms with van der Waals surface area (Å²) in [5, 5.41) is 6.63. The molecule has 146 valence electrons. The van der Waals surface area contributed by atoms with Gasteiger partial charge in [0.2, 0.25) is 6.79 Å². The maximum atomic E-state index is 13.1. The molecule has 0 saturated heterocycles. The van der Waals surface area contributed by atoms with Crippen LogP contribution in [0.3, 0.4) is 0 Å². The summed E-state index contributed by atoms with van der Waals surface area (Å²) in [6.45, 7) is 5.78. The van der Waals surface area contributed by atoms with Gasteiger partial charge in [-0.2, -0.15) is 0 Å². The molecular formula is C20H25FIN3O2. The fraction of sp³-hybridized carbons (Fsp3) is 0.350. The van der Waals surface area contributed by atoms with Crippen LogP contribution >= 0.6 is 24.0 Å². The maximum absolute atomic E-state index is 13.1. The van der Waals surface area contributed by atoms with Gasteiger partial charge in [0.05, 0.1) is 0 Å². The largest absolute Gasteiger partial charge is 0.454 e. The molecule has 0 aliphatic carbocycles. The lowest BCUT2D eigenvalue weighted by molar-refractivity contribution is 0.174. The van der Waals surface area contributed by atoms with Crippen molar-refractivity contribution in [3.05, 3.63) is 59.4 Å². The van der Waals surface area contributed by atoms with Crippen LogP contribution in [0.4, 0.5) is 4.39 Å². The second kappa shape index (κ2) is 9.25. The second-order valence-electron chi connectivity index (χ2n) is 6.86. The Balaban J connectivity index is 0.00000261. The molecule has 0 radical (unpaired) electrons. The van der Waals surface area contributed by atoms with Crippen LogP contribution in [0.5, 0.6) is 11.5 Å². The van der Waals surface area contributed by atoms with E-state index >= 15 is 0 Å². The molecule has 2 aromatic carbocycles. The number of fused-ring (bicyclic) bond motifs is 1. The van der Waals surface area contributed by atoms with E-state index in [0.29, 0.717) is 19.0 Å². The van der Waals surface area contributed by atoms with E-state index in [4.69, 9.17) is 9.47 Å². The summed E-state index contributed by atoms with van der Waals surface area (Å²) in [6, 6.07) is 12.5. The predicted octanol–water partition coefficient (Wildman–Crippen LogP) is 3.82. The topological polar surface area (TPSA) is 54.9 Å². The van der Waals surface area contributed by atoms with Gasteiger partial charge in [0.25, 0.3) is 0 Å². The number of aliphatic imine (C=N–C) groups is 1. The minimum absolute atomic E-state index is 0. The van der Waals surface area contributed by atoms with E-state index in [9.17, 15) is 4.39 Å². The molecule has 7 heteroatoms. The lowest BCUT2D eigenvalue weighted by Gasteiger charge is -2.26. The summed E-state index contributed by atoms with van der Waals surface area (Å²) in [4.78, 5) is 4.26. The lowest BCUT2D eigenvalue weighted by atomic mass is 9.84. The summed E-state index contributed by atoms with van der Waals surface area (Å²) in [5.74, 6) is 2.03. The Labute approximate surface area is 176 Å². The van der Waals surface area contributed by atoms with Gasteiger partial charge < -0.3 is 20.1 Å². The fourth-order valence-electron chi connectivity index (χ4n) is 2.77. The van der Waals surface area contributed by atoms with Gasteiger partial charge in [0.1, 0.15) is 5.82 Å². The summed E-state index contributed by atoms with van der Waals surface area (Å²) in [5.41, 5.74) is 1.98. The molecule has 1 aliphatic rings. The van der Waals surface area contributed by atoms with E-state index in [1.807, 2.05) is 30.3 Å². The summed E-state index contributed by atoms with van der Waals surface area (Å²) in [7, 11) is 1.74. The molecule has 0 spiro atoms. The quantitative estimate of drug-likeness (QED) is 0.384. The van der Waals surface area contributed by atoms with Gasteiger partial charge in [-0.25, -0.2) is 4.39 Å². The number of ether oxygens (including phenoxy) is 2. The molecule has 2 aromatic rings. The first-order valence-electron chi connectivity index (χ1n) is 8.57. The highest BCUT2D eigenvalue weighted by molar-refractivity contribution is 14.0. The van der Waals surface area contributed by atoms with Crippen molar-refractivity contribution in [2.75, 3.05) is 20.4 Å². The Kier molecular flexibility index (Phi) is 7.29. The number of rotatable bonds is 5. The number of benzene rings is 2. The number of halogens is 2.